The third kappa shape index (κ3) is 3.59. The number of carbonyl (C=O) groups excluding carboxylic acids is 2. The fourth-order valence-corrected chi connectivity index (χ4v) is 3.01. The zero-order chi connectivity index (χ0) is 20.2. The van der Waals surface area contributed by atoms with Crippen molar-refractivity contribution >= 4 is 28.2 Å². The van der Waals surface area contributed by atoms with Crippen LogP contribution in [0, 0.1) is 17.2 Å². The number of para-hydroxylation sites is 1. The average molecular weight is 381 g/mol. The summed E-state index contributed by atoms with van der Waals surface area (Å²) in [6, 6.07) is 23.9. The summed E-state index contributed by atoms with van der Waals surface area (Å²) in [7, 11) is 0. The average Bonchev–Trinajstić information content (AvgIpc) is 3.25. The minimum absolute atomic E-state index is 0.0477. The molecule has 0 aliphatic rings. The van der Waals surface area contributed by atoms with Crippen molar-refractivity contribution in [3.63, 3.8) is 0 Å². The van der Waals surface area contributed by atoms with Crippen LogP contribution in [0.2, 0.25) is 0 Å². The summed E-state index contributed by atoms with van der Waals surface area (Å²) in [6.07, 6.45) is 1.41. The van der Waals surface area contributed by atoms with E-state index in [0.717, 1.165) is 10.8 Å². The Hall–Kier alpha value is -4.31. The molecule has 140 valence electrons. The van der Waals surface area contributed by atoms with Crippen molar-refractivity contribution in [3.8, 4) is 11.8 Å². The molecule has 1 atom stereocenters. The van der Waals surface area contributed by atoms with Gasteiger partial charge in [-0.3, -0.25) is 9.59 Å². The molecule has 0 saturated carbocycles. The Kier molecular flexibility index (Phi) is 4.82. The molecule has 0 aliphatic carbocycles. The minimum atomic E-state index is -1.53. The lowest BCUT2D eigenvalue weighted by atomic mass is 10.0. The van der Waals surface area contributed by atoms with Crippen molar-refractivity contribution in [2.75, 3.05) is 5.32 Å². The van der Waals surface area contributed by atoms with E-state index in [1.165, 1.54) is 10.9 Å². The standard InChI is InChI=1S/C22H15N5O2/c23-13-18(21(28)20-14-27(26-25-20)16-9-2-1-3-10-16)22(29)24-19-12-6-8-15-7-4-5-11-17(15)19/h1-12,14,18H,(H,24,29). The van der Waals surface area contributed by atoms with Crippen molar-refractivity contribution in [3.05, 3.63) is 84.7 Å². The predicted octanol–water partition coefficient (Wildman–Crippen LogP) is 3.38. The molecule has 0 fully saturated rings. The monoisotopic (exact) mass is 381 g/mol. The van der Waals surface area contributed by atoms with E-state index >= 15 is 0 Å². The van der Waals surface area contributed by atoms with E-state index in [4.69, 9.17) is 0 Å². The molecule has 7 nitrogen and oxygen atoms in total. The molecular weight excluding hydrogens is 366 g/mol. The first-order valence-corrected chi connectivity index (χ1v) is 8.87. The number of nitriles is 1. The number of nitrogens with one attached hydrogen (secondary N) is 1. The number of anilines is 1. The maximum atomic E-state index is 12.7. The third-order valence-electron chi connectivity index (χ3n) is 4.47. The van der Waals surface area contributed by atoms with Gasteiger partial charge in [0.25, 0.3) is 0 Å². The summed E-state index contributed by atoms with van der Waals surface area (Å²) in [5.41, 5.74) is 1.20. The highest BCUT2D eigenvalue weighted by atomic mass is 16.2. The van der Waals surface area contributed by atoms with Gasteiger partial charge < -0.3 is 5.32 Å². The van der Waals surface area contributed by atoms with Gasteiger partial charge in [-0.05, 0) is 23.6 Å². The molecule has 1 heterocycles. The first-order chi connectivity index (χ1) is 14.2. The lowest BCUT2D eigenvalue weighted by Crippen LogP contribution is -2.29. The number of fused-ring (bicyclic) bond motifs is 1. The van der Waals surface area contributed by atoms with Crippen LogP contribution >= 0.6 is 0 Å². The molecule has 1 amide bonds. The fraction of sp³-hybridized carbons (Fsp3) is 0.0455. The maximum absolute atomic E-state index is 12.7. The summed E-state index contributed by atoms with van der Waals surface area (Å²) in [6.45, 7) is 0. The smallest absolute Gasteiger partial charge is 0.249 e. The lowest BCUT2D eigenvalue weighted by molar-refractivity contribution is -0.117. The van der Waals surface area contributed by atoms with Gasteiger partial charge in [0.05, 0.1) is 18.0 Å². The highest BCUT2D eigenvalue weighted by Gasteiger charge is 2.30. The Bertz CT molecular complexity index is 1240. The van der Waals surface area contributed by atoms with Crippen LogP contribution in [0.4, 0.5) is 5.69 Å². The molecule has 3 aromatic carbocycles. The van der Waals surface area contributed by atoms with E-state index in [1.54, 1.807) is 30.3 Å². The van der Waals surface area contributed by atoms with E-state index in [1.807, 2.05) is 48.5 Å². The maximum Gasteiger partial charge on any atom is 0.249 e. The van der Waals surface area contributed by atoms with Crippen LogP contribution in [0.5, 0.6) is 0 Å². The zero-order valence-corrected chi connectivity index (χ0v) is 15.2. The number of benzene rings is 3. The molecule has 7 heteroatoms. The minimum Gasteiger partial charge on any atom is -0.324 e. The Labute approximate surface area is 166 Å². The van der Waals surface area contributed by atoms with Crippen molar-refractivity contribution < 1.29 is 9.59 Å². The van der Waals surface area contributed by atoms with Gasteiger partial charge in [0.1, 0.15) is 0 Å². The quantitative estimate of drug-likeness (QED) is 0.422. The Morgan fingerprint density at radius 1 is 0.966 bits per heavy atom. The van der Waals surface area contributed by atoms with Gasteiger partial charge in [0.2, 0.25) is 11.7 Å². The molecule has 29 heavy (non-hydrogen) atoms. The number of amides is 1. The number of Topliss-reactive ketones (excluding diaryl/α,β-unsaturated/α-hetero) is 1. The van der Waals surface area contributed by atoms with Gasteiger partial charge in [-0.15, -0.1) is 5.10 Å². The molecule has 0 radical (unpaired) electrons. The lowest BCUT2D eigenvalue weighted by Gasteiger charge is -2.10. The largest absolute Gasteiger partial charge is 0.324 e. The molecular formula is C22H15N5O2. The van der Waals surface area contributed by atoms with Crippen LogP contribution in [-0.4, -0.2) is 26.7 Å². The van der Waals surface area contributed by atoms with Gasteiger partial charge in [-0.1, -0.05) is 59.8 Å². The summed E-state index contributed by atoms with van der Waals surface area (Å²) in [5.74, 6) is -2.94. The molecule has 1 aromatic heterocycles. The topological polar surface area (TPSA) is 101 Å². The first kappa shape index (κ1) is 18.1. The van der Waals surface area contributed by atoms with Crippen LogP contribution < -0.4 is 5.32 Å². The van der Waals surface area contributed by atoms with Gasteiger partial charge in [-0.25, -0.2) is 4.68 Å². The second kappa shape index (κ2) is 7.74. The number of hydrogen-bond donors (Lipinski definition) is 1. The molecule has 4 rings (SSSR count). The van der Waals surface area contributed by atoms with Gasteiger partial charge in [-0.2, -0.15) is 5.26 Å². The Morgan fingerprint density at radius 2 is 1.69 bits per heavy atom. The van der Waals surface area contributed by atoms with Crippen molar-refractivity contribution in [2.45, 2.75) is 0 Å². The second-order valence-corrected chi connectivity index (χ2v) is 6.33. The number of ketones is 1. The first-order valence-electron chi connectivity index (χ1n) is 8.87. The number of aromatic nitrogens is 3. The van der Waals surface area contributed by atoms with Crippen molar-refractivity contribution in [1.29, 1.82) is 5.26 Å². The van der Waals surface area contributed by atoms with Crippen LogP contribution in [0.1, 0.15) is 10.5 Å². The van der Waals surface area contributed by atoms with E-state index in [2.05, 4.69) is 15.6 Å². The van der Waals surface area contributed by atoms with E-state index in [0.29, 0.717) is 11.4 Å². The van der Waals surface area contributed by atoms with Gasteiger partial charge in [0.15, 0.2) is 11.6 Å². The normalized spacial score (nSPS) is 11.6. The van der Waals surface area contributed by atoms with Crippen LogP contribution in [-0.2, 0) is 4.79 Å². The fourth-order valence-electron chi connectivity index (χ4n) is 3.01. The summed E-state index contributed by atoms with van der Waals surface area (Å²) in [4.78, 5) is 25.4. The summed E-state index contributed by atoms with van der Waals surface area (Å²) < 4.78 is 1.42. The SMILES string of the molecule is N#CC(C(=O)Nc1cccc2ccccc12)C(=O)c1cn(-c2ccccc2)nn1. The third-order valence-corrected chi connectivity index (χ3v) is 4.47. The molecule has 1 N–H and O–H groups in total. The van der Waals surface area contributed by atoms with E-state index < -0.39 is 17.6 Å². The van der Waals surface area contributed by atoms with E-state index in [-0.39, 0.29) is 5.69 Å². The number of nitrogens with zero attached hydrogens (tertiary/aromatic N) is 4. The predicted molar refractivity (Wildman–Crippen MR) is 107 cm³/mol. The summed E-state index contributed by atoms with van der Waals surface area (Å²) >= 11 is 0. The molecule has 0 aliphatic heterocycles. The zero-order valence-electron chi connectivity index (χ0n) is 15.2. The van der Waals surface area contributed by atoms with E-state index in [9.17, 15) is 14.9 Å². The van der Waals surface area contributed by atoms with Crippen LogP contribution in [0.3, 0.4) is 0 Å². The Morgan fingerprint density at radius 3 is 2.48 bits per heavy atom. The Balaban J connectivity index is 1.57. The molecule has 0 saturated heterocycles. The van der Waals surface area contributed by atoms with Gasteiger partial charge >= 0.3 is 0 Å². The van der Waals surface area contributed by atoms with Crippen LogP contribution in [0.15, 0.2) is 79.0 Å². The second-order valence-electron chi connectivity index (χ2n) is 6.33. The van der Waals surface area contributed by atoms with Gasteiger partial charge in [0, 0.05) is 11.1 Å². The van der Waals surface area contributed by atoms with Crippen molar-refractivity contribution in [1.82, 2.24) is 15.0 Å². The summed E-state index contributed by atoms with van der Waals surface area (Å²) in [5, 5.41) is 21.7. The highest BCUT2D eigenvalue weighted by Crippen LogP contribution is 2.23. The molecule has 4 aromatic rings. The van der Waals surface area contributed by atoms with Crippen molar-refractivity contribution in [2.24, 2.45) is 5.92 Å². The molecule has 0 spiro atoms. The molecule has 0 bridgehead atoms. The number of carbonyl (C=O) groups is 2. The highest BCUT2D eigenvalue weighted by molar-refractivity contribution is 6.16. The molecule has 1 unspecified atom stereocenters. The van der Waals surface area contributed by atoms with Crippen LogP contribution in [0.25, 0.3) is 16.5 Å². The number of rotatable bonds is 5. The number of hydrogen-bond acceptors (Lipinski definition) is 5.